The highest BCUT2D eigenvalue weighted by atomic mass is 16.6. The maximum Gasteiger partial charge on any atom is 0.269 e. The molecular formula is C27H28N4O5. The third-order valence-electron chi connectivity index (χ3n) is 6.34. The molecule has 1 aliphatic rings. The van der Waals surface area contributed by atoms with Gasteiger partial charge in [0.2, 0.25) is 11.8 Å². The number of benzene rings is 3. The molecular weight excluding hydrogens is 460 g/mol. The molecule has 0 radical (unpaired) electrons. The Morgan fingerprint density at radius 1 is 0.861 bits per heavy atom. The zero-order valence-corrected chi connectivity index (χ0v) is 19.7. The summed E-state index contributed by atoms with van der Waals surface area (Å²) in [6.07, 6.45) is 0. The van der Waals surface area contributed by atoms with E-state index in [2.05, 4.69) is 5.32 Å². The lowest BCUT2D eigenvalue weighted by Crippen LogP contribution is -2.56. The van der Waals surface area contributed by atoms with E-state index in [4.69, 9.17) is 0 Å². The first-order chi connectivity index (χ1) is 17.5. The van der Waals surface area contributed by atoms with Crippen molar-refractivity contribution in [1.29, 1.82) is 0 Å². The summed E-state index contributed by atoms with van der Waals surface area (Å²) in [5, 5.41) is 23.6. The van der Waals surface area contributed by atoms with Gasteiger partial charge in [0.1, 0.15) is 6.04 Å². The Bertz CT molecular complexity index is 1140. The maximum atomic E-state index is 13.4. The summed E-state index contributed by atoms with van der Waals surface area (Å²) in [4.78, 5) is 40.7. The van der Waals surface area contributed by atoms with Crippen LogP contribution in [0.1, 0.15) is 17.0 Å². The zero-order chi connectivity index (χ0) is 25.5. The van der Waals surface area contributed by atoms with Gasteiger partial charge < -0.3 is 20.2 Å². The molecule has 4 rings (SSSR count). The lowest BCUT2D eigenvalue weighted by molar-refractivity contribution is -0.384. The van der Waals surface area contributed by atoms with Crippen LogP contribution in [0.25, 0.3) is 0 Å². The number of hydrogen-bond acceptors (Lipinski definition) is 6. The van der Waals surface area contributed by atoms with E-state index in [1.807, 2.05) is 65.6 Å². The van der Waals surface area contributed by atoms with Crippen LogP contribution in [-0.4, -0.2) is 65.6 Å². The molecule has 1 atom stereocenters. The molecule has 3 aromatic carbocycles. The van der Waals surface area contributed by atoms with Crippen LogP contribution < -0.4 is 10.2 Å². The van der Waals surface area contributed by atoms with Gasteiger partial charge in [-0.05, 0) is 23.3 Å². The summed E-state index contributed by atoms with van der Waals surface area (Å²) in [6, 6.07) is 23.9. The van der Waals surface area contributed by atoms with Gasteiger partial charge in [0.15, 0.2) is 0 Å². The van der Waals surface area contributed by atoms with Crippen LogP contribution in [0.4, 0.5) is 11.4 Å². The van der Waals surface area contributed by atoms with Gasteiger partial charge in [-0.15, -0.1) is 0 Å². The van der Waals surface area contributed by atoms with Gasteiger partial charge >= 0.3 is 0 Å². The molecule has 1 fully saturated rings. The number of nitro benzene ring substituents is 1. The first kappa shape index (κ1) is 24.9. The standard InChI is InChI=1S/C27H28N4O5/c32-19-24(28-26(33)25(20-7-3-1-4-8-20)21-9-5-2-6-10-21)27(34)30-17-15-29(16-18-30)22-11-13-23(14-12-22)31(35)36/h1-14,24-25,32H,15-19H2,(H,28,33). The summed E-state index contributed by atoms with van der Waals surface area (Å²) in [5.74, 6) is -1.31. The van der Waals surface area contributed by atoms with E-state index in [1.165, 1.54) is 12.1 Å². The van der Waals surface area contributed by atoms with Crippen molar-refractivity contribution in [3.05, 3.63) is 106 Å². The molecule has 9 nitrogen and oxygen atoms in total. The molecule has 0 saturated carbocycles. The largest absolute Gasteiger partial charge is 0.394 e. The van der Waals surface area contributed by atoms with E-state index in [0.29, 0.717) is 26.2 Å². The number of nitrogens with zero attached hydrogens (tertiary/aromatic N) is 3. The molecule has 0 aromatic heterocycles. The van der Waals surface area contributed by atoms with E-state index in [9.17, 15) is 24.8 Å². The van der Waals surface area contributed by atoms with Crippen molar-refractivity contribution in [3.63, 3.8) is 0 Å². The van der Waals surface area contributed by atoms with Gasteiger partial charge in [-0.2, -0.15) is 0 Å². The second kappa shape index (κ2) is 11.5. The van der Waals surface area contributed by atoms with Crippen molar-refractivity contribution in [2.24, 2.45) is 0 Å². The van der Waals surface area contributed by atoms with Crippen LogP contribution in [0.3, 0.4) is 0 Å². The highest BCUT2D eigenvalue weighted by Crippen LogP contribution is 2.25. The Labute approximate surface area is 209 Å². The molecule has 0 bridgehead atoms. The Hall–Kier alpha value is -4.24. The summed E-state index contributed by atoms with van der Waals surface area (Å²) < 4.78 is 0. The van der Waals surface area contributed by atoms with Crippen LogP contribution in [0.15, 0.2) is 84.9 Å². The number of carbonyl (C=O) groups is 2. The third kappa shape index (κ3) is 5.69. The van der Waals surface area contributed by atoms with Crippen molar-refractivity contribution in [2.45, 2.75) is 12.0 Å². The predicted octanol–water partition coefficient (Wildman–Crippen LogP) is 2.55. The molecule has 3 aromatic rings. The average molecular weight is 489 g/mol. The van der Waals surface area contributed by atoms with Crippen molar-refractivity contribution < 1.29 is 19.6 Å². The van der Waals surface area contributed by atoms with Crippen molar-refractivity contribution in [1.82, 2.24) is 10.2 Å². The Morgan fingerprint density at radius 3 is 1.86 bits per heavy atom. The average Bonchev–Trinajstić information content (AvgIpc) is 2.93. The van der Waals surface area contributed by atoms with E-state index in [1.54, 1.807) is 17.0 Å². The lowest BCUT2D eigenvalue weighted by Gasteiger charge is -2.37. The van der Waals surface area contributed by atoms with E-state index in [-0.39, 0.29) is 17.5 Å². The minimum Gasteiger partial charge on any atom is -0.394 e. The first-order valence-corrected chi connectivity index (χ1v) is 11.8. The molecule has 1 heterocycles. The zero-order valence-electron chi connectivity index (χ0n) is 19.7. The number of amides is 2. The molecule has 36 heavy (non-hydrogen) atoms. The van der Waals surface area contributed by atoms with E-state index < -0.39 is 23.5 Å². The Kier molecular flexibility index (Phi) is 7.92. The molecule has 0 spiro atoms. The lowest BCUT2D eigenvalue weighted by atomic mass is 9.90. The summed E-state index contributed by atoms with van der Waals surface area (Å²) in [5.41, 5.74) is 2.45. The number of aliphatic hydroxyl groups is 1. The number of aliphatic hydroxyl groups excluding tert-OH is 1. The van der Waals surface area contributed by atoms with Gasteiger partial charge in [0, 0.05) is 44.0 Å². The highest BCUT2D eigenvalue weighted by molar-refractivity contribution is 5.92. The number of non-ortho nitro benzene ring substituents is 1. The topological polar surface area (TPSA) is 116 Å². The molecule has 9 heteroatoms. The van der Waals surface area contributed by atoms with Crippen molar-refractivity contribution in [3.8, 4) is 0 Å². The maximum absolute atomic E-state index is 13.4. The fraction of sp³-hybridized carbons (Fsp3) is 0.259. The Balaban J connectivity index is 1.41. The Morgan fingerprint density at radius 2 is 1.39 bits per heavy atom. The fourth-order valence-corrected chi connectivity index (χ4v) is 4.42. The van der Waals surface area contributed by atoms with Gasteiger partial charge in [0.05, 0.1) is 17.4 Å². The molecule has 1 saturated heterocycles. The predicted molar refractivity (Wildman–Crippen MR) is 136 cm³/mol. The monoisotopic (exact) mass is 488 g/mol. The summed E-state index contributed by atoms with van der Waals surface area (Å²) >= 11 is 0. The van der Waals surface area contributed by atoms with Crippen LogP contribution >= 0.6 is 0 Å². The second-order valence-corrected chi connectivity index (χ2v) is 8.58. The molecule has 2 amide bonds. The van der Waals surface area contributed by atoms with Gasteiger partial charge in [0.25, 0.3) is 5.69 Å². The molecule has 1 aliphatic heterocycles. The highest BCUT2D eigenvalue weighted by Gasteiger charge is 2.31. The van der Waals surface area contributed by atoms with E-state index in [0.717, 1.165) is 16.8 Å². The van der Waals surface area contributed by atoms with Crippen LogP contribution in [0.2, 0.25) is 0 Å². The smallest absolute Gasteiger partial charge is 0.269 e. The van der Waals surface area contributed by atoms with Crippen LogP contribution in [0, 0.1) is 10.1 Å². The number of nitro groups is 1. The number of hydrogen-bond donors (Lipinski definition) is 2. The minimum atomic E-state index is -1.06. The normalized spacial score (nSPS) is 14.4. The van der Waals surface area contributed by atoms with Crippen LogP contribution in [-0.2, 0) is 9.59 Å². The number of nitrogens with one attached hydrogen (secondary N) is 1. The first-order valence-electron chi connectivity index (χ1n) is 11.8. The third-order valence-corrected chi connectivity index (χ3v) is 6.34. The number of anilines is 1. The molecule has 186 valence electrons. The van der Waals surface area contributed by atoms with Gasteiger partial charge in [-0.25, -0.2) is 0 Å². The van der Waals surface area contributed by atoms with Crippen molar-refractivity contribution in [2.75, 3.05) is 37.7 Å². The SMILES string of the molecule is O=C(NC(CO)C(=O)N1CCN(c2ccc([N+](=O)[O-])cc2)CC1)C(c1ccccc1)c1ccccc1. The van der Waals surface area contributed by atoms with Crippen LogP contribution in [0.5, 0.6) is 0 Å². The molecule has 1 unspecified atom stereocenters. The number of carbonyl (C=O) groups excluding carboxylic acids is 2. The summed E-state index contributed by atoms with van der Waals surface area (Å²) in [7, 11) is 0. The second-order valence-electron chi connectivity index (χ2n) is 8.58. The summed E-state index contributed by atoms with van der Waals surface area (Å²) in [6.45, 7) is 1.37. The molecule has 0 aliphatic carbocycles. The molecule has 2 N–H and O–H groups in total. The van der Waals surface area contributed by atoms with Gasteiger partial charge in [-0.3, -0.25) is 19.7 Å². The quantitative estimate of drug-likeness (QED) is 0.372. The minimum absolute atomic E-state index is 0.0263. The fourth-order valence-electron chi connectivity index (χ4n) is 4.42. The number of piperazine rings is 1. The van der Waals surface area contributed by atoms with Gasteiger partial charge in [-0.1, -0.05) is 60.7 Å². The van der Waals surface area contributed by atoms with Crippen molar-refractivity contribution >= 4 is 23.2 Å². The van der Waals surface area contributed by atoms with E-state index >= 15 is 0 Å². The number of rotatable bonds is 8.